The summed E-state index contributed by atoms with van der Waals surface area (Å²) in [5.41, 5.74) is 1.61. The van der Waals surface area contributed by atoms with Gasteiger partial charge in [-0.1, -0.05) is 49.4 Å². The number of carbonyl (C=O) groups is 2. The largest absolute Gasteiger partial charge is 0.352 e. The Hall–Kier alpha value is -2.69. The first-order valence-electron chi connectivity index (χ1n) is 8.77. The van der Waals surface area contributed by atoms with Crippen LogP contribution in [0.3, 0.4) is 0 Å². The molecule has 2 atom stereocenters. The molecular weight excluding hydrogens is 331 g/mol. The number of amides is 2. The minimum Gasteiger partial charge on any atom is -0.352 e. The summed E-state index contributed by atoms with van der Waals surface area (Å²) in [6.45, 7) is 5.65. The first-order valence-corrected chi connectivity index (χ1v) is 8.77. The number of nitrogens with one attached hydrogen (secondary N) is 2. The van der Waals surface area contributed by atoms with Gasteiger partial charge in [-0.05, 0) is 43.0 Å². The van der Waals surface area contributed by atoms with Gasteiger partial charge in [0.05, 0.1) is 0 Å². The molecule has 2 aromatic carbocycles. The second-order valence-corrected chi connectivity index (χ2v) is 6.73. The fourth-order valence-electron chi connectivity index (χ4n) is 2.72. The molecule has 1 unspecified atom stereocenters. The van der Waals surface area contributed by atoms with E-state index >= 15 is 0 Å². The summed E-state index contributed by atoms with van der Waals surface area (Å²) in [6.07, 6.45) is 0.212. The lowest BCUT2D eigenvalue weighted by Gasteiger charge is -2.21. The second-order valence-electron chi connectivity index (χ2n) is 6.73. The second kappa shape index (κ2) is 9.13. The zero-order valence-electron chi connectivity index (χ0n) is 15.3. The molecule has 0 aliphatic rings. The van der Waals surface area contributed by atoms with Crippen molar-refractivity contribution in [2.24, 2.45) is 0 Å². The molecule has 0 saturated heterocycles. The van der Waals surface area contributed by atoms with Crippen LogP contribution in [0.5, 0.6) is 0 Å². The summed E-state index contributed by atoms with van der Waals surface area (Å²) in [5, 5.41) is 5.67. The van der Waals surface area contributed by atoms with Gasteiger partial charge in [-0.3, -0.25) is 9.59 Å². The fraction of sp³-hybridized carbons (Fsp3) is 0.333. The minimum atomic E-state index is -0.744. The van der Waals surface area contributed by atoms with Gasteiger partial charge in [-0.25, -0.2) is 4.39 Å². The van der Waals surface area contributed by atoms with Crippen LogP contribution in [0.25, 0.3) is 0 Å². The number of rotatable bonds is 7. The van der Waals surface area contributed by atoms with Crippen molar-refractivity contribution < 1.29 is 14.0 Å². The number of halogens is 1. The van der Waals surface area contributed by atoms with Gasteiger partial charge in [-0.2, -0.15) is 0 Å². The van der Waals surface area contributed by atoms with Gasteiger partial charge >= 0.3 is 0 Å². The van der Waals surface area contributed by atoms with Crippen molar-refractivity contribution in [3.05, 3.63) is 71.5 Å². The number of carbonyl (C=O) groups excluding carboxylic acids is 2. The van der Waals surface area contributed by atoms with Gasteiger partial charge in [-0.15, -0.1) is 0 Å². The lowest BCUT2D eigenvalue weighted by molar-refractivity contribution is -0.129. The van der Waals surface area contributed by atoms with Crippen molar-refractivity contribution in [2.45, 2.75) is 45.2 Å². The van der Waals surface area contributed by atoms with Crippen LogP contribution in [0.15, 0.2) is 54.6 Å². The summed E-state index contributed by atoms with van der Waals surface area (Å²) < 4.78 is 13.0. The first-order chi connectivity index (χ1) is 12.4. The van der Waals surface area contributed by atoms with Crippen LogP contribution >= 0.6 is 0 Å². The van der Waals surface area contributed by atoms with E-state index in [9.17, 15) is 14.0 Å². The lowest BCUT2D eigenvalue weighted by Crippen LogP contribution is -2.43. The monoisotopic (exact) mass is 356 g/mol. The molecule has 2 aromatic rings. The Kier molecular flexibility index (Phi) is 6.89. The summed E-state index contributed by atoms with van der Waals surface area (Å²) >= 11 is 0. The molecule has 2 rings (SSSR count). The Morgan fingerprint density at radius 1 is 0.885 bits per heavy atom. The van der Waals surface area contributed by atoms with E-state index in [1.807, 2.05) is 51.1 Å². The number of benzene rings is 2. The van der Waals surface area contributed by atoms with Crippen LogP contribution in [0.2, 0.25) is 0 Å². The van der Waals surface area contributed by atoms with Crippen molar-refractivity contribution in [1.82, 2.24) is 10.6 Å². The van der Waals surface area contributed by atoms with Crippen LogP contribution in [0, 0.1) is 5.82 Å². The Morgan fingerprint density at radius 2 is 1.50 bits per heavy atom. The molecule has 0 heterocycles. The molecule has 0 aromatic heterocycles. The Morgan fingerprint density at radius 3 is 2.08 bits per heavy atom. The molecule has 0 bridgehead atoms. The Balaban J connectivity index is 2.08. The molecule has 5 heteroatoms. The van der Waals surface area contributed by atoms with Crippen LogP contribution in [-0.2, 0) is 9.59 Å². The molecule has 0 saturated carbocycles. The van der Waals surface area contributed by atoms with E-state index in [2.05, 4.69) is 10.6 Å². The number of hydrogen-bond donors (Lipinski definition) is 2. The van der Waals surface area contributed by atoms with E-state index in [4.69, 9.17) is 0 Å². The van der Waals surface area contributed by atoms with E-state index in [-0.39, 0.29) is 36.0 Å². The van der Waals surface area contributed by atoms with Crippen LogP contribution in [-0.4, -0.2) is 17.9 Å². The van der Waals surface area contributed by atoms with Crippen molar-refractivity contribution >= 4 is 11.8 Å². The molecular formula is C21H25FN2O2. The summed E-state index contributed by atoms with van der Waals surface area (Å²) in [7, 11) is 0. The standard InChI is InChI=1S/C21H25FN2O2/c1-14(2)23-21(26)20(17-7-5-4-6-8-17)24-19(25)13-15(3)16-9-11-18(22)12-10-16/h4-12,14-15,20H,13H2,1-3H3,(H,23,26)(H,24,25)/t15?,20-/m0/s1. The van der Waals surface area contributed by atoms with Gasteiger partial charge in [0.25, 0.3) is 0 Å². The Bertz CT molecular complexity index is 729. The normalized spacial score (nSPS) is 13.1. The fourth-order valence-corrected chi connectivity index (χ4v) is 2.72. The average Bonchev–Trinajstić information content (AvgIpc) is 2.60. The third kappa shape index (κ3) is 5.69. The van der Waals surface area contributed by atoms with E-state index in [1.165, 1.54) is 12.1 Å². The van der Waals surface area contributed by atoms with E-state index < -0.39 is 6.04 Å². The van der Waals surface area contributed by atoms with Crippen LogP contribution in [0.4, 0.5) is 4.39 Å². The highest BCUT2D eigenvalue weighted by atomic mass is 19.1. The third-order valence-corrected chi connectivity index (χ3v) is 4.06. The summed E-state index contributed by atoms with van der Waals surface area (Å²) in [6, 6.07) is 14.5. The maximum absolute atomic E-state index is 13.0. The molecule has 0 spiro atoms. The molecule has 2 N–H and O–H groups in total. The van der Waals surface area contributed by atoms with Crippen molar-refractivity contribution in [2.75, 3.05) is 0 Å². The van der Waals surface area contributed by atoms with Gasteiger partial charge in [0.15, 0.2) is 0 Å². The number of hydrogen-bond acceptors (Lipinski definition) is 2. The van der Waals surface area contributed by atoms with Gasteiger partial charge in [0.1, 0.15) is 11.9 Å². The van der Waals surface area contributed by atoms with Crippen LogP contribution in [0.1, 0.15) is 50.3 Å². The van der Waals surface area contributed by atoms with Crippen molar-refractivity contribution in [3.63, 3.8) is 0 Å². The highest BCUT2D eigenvalue weighted by molar-refractivity contribution is 5.89. The molecule has 138 valence electrons. The first kappa shape index (κ1) is 19.6. The zero-order valence-corrected chi connectivity index (χ0v) is 15.3. The summed E-state index contributed by atoms with van der Waals surface area (Å²) in [5.74, 6) is -0.858. The average molecular weight is 356 g/mol. The van der Waals surface area contributed by atoms with Gasteiger partial charge < -0.3 is 10.6 Å². The molecule has 0 aliphatic heterocycles. The van der Waals surface area contributed by atoms with Gasteiger partial charge in [0, 0.05) is 12.5 Å². The quantitative estimate of drug-likeness (QED) is 0.795. The maximum atomic E-state index is 13.0. The predicted molar refractivity (Wildman–Crippen MR) is 100 cm³/mol. The molecule has 4 nitrogen and oxygen atoms in total. The molecule has 26 heavy (non-hydrogen) atoms. The topological polar surface area (TPSA) is 58.2 Å². The van der Waals surface area contributed by atoms with Crippen molar-refractivity contribution in [3.8, 4) is 0 Å². The Labute approximate surface area is 153 Å². The van der Waals surface area contributed by atoms with Crippen LogP contribution < -0.4 is 10.6 Å². The molecule has 0 aliphatic carbocycles. The van der Waals surface area contributed by atoms with E-state index in [0.717, 1.165) is 11.1 Å². The predicted octanol–water partition coefficient (Wildman–Crippen LogP) is 3.70. The highest BCUT2D eigenvalue weighted by Crippen LogP contribution is 2.20. The van der Waals surface area contributed by atoms with E-state index in [0.29, 0.717) is 0 Å². The SMILES string of the molecule is CC(C)NC(=O)[C@@H](NC(=O)CC(C)c1ccc(F)cc1)c1ccccc1. The maximum Gasteiger partial charge on any atom is 0.247 e. The zero-order chi connectivity index (χ0) is 19.1. The molecule has 0 radical (unpaired) electrons. The smallest absolute Gasteiger partial charge is 0.247 e. The lowest BCUT2D eigenvalue weighted by atomic mass is 9.97. The highest BCUT2D eigenvalue weighted by Gasteiger charge is 2.24. The van der Waals surface area contributed by atoms with Crippen molar-refractivity contribution in [1.29, 1.82) is 0 Å². The third-order valence-electron chi connectivity index (χ3n) is 4.06. The minimum absolute atomic E-state index is 0.0243. The van der Waals surface area contributed by atoms with Gasteiger partial charge in [0.2, 0.25) is 11.8 Å². The molecule has 2 amide bonds. The summed E-state index contributed by atoms with van der Waals surface area (Å²) in [4.78, 5) is 25.0. The van der Waals surface area contributed by atoms with E-state index in [1.54, 1.807) is 12.1 Å². The molecule has 0 fully saturated rings.